The summed E-state index contributed by atoms with van der Waals surface area (Å²) >= 11 is 4.49. The van der Waals surface area contributed by atoms with Gasteiger partial charge >= 0.3 is 0 Å². The average molecular weight is 313 g/mol. The van der Waals surface area contributed by atoms with Crippen LogP contribution in [0.4, 0.5) is 0 Å². The molecular formula is C18H20OSSi. The Bertz CT molecular complexity index is 680. The lowest BCUT2D eigenvalue weighted by atomic mass is 9.87. The Morgan fingerprint density at radius 3 is 2.10 bits per heavy atom. The number of hydrogen-bond donors (Lipinski definition) is 2. The van der Waals surface area contributed by atoms with Gasteiger partial charge in [-0.15, -0.1) is 18.2 Å². The first-order valence-electron chi connectivity index (χ1n) is 6.94. The van der Waals surface area contributed by atoms with Gasteiger partial charge in [0, 0.05) is 16.0 Å². The highest BCUT2D eigenvalue weighted by molar-refractivity contribution is 7.80. The first-order chi connectivity index (χ1) is 9.83. The van der Waals surface area contributed by atoms with E-state index in [0.717, 1.165) is 16.0 Å². The largest absolute Gasteiger partial charge is 0.369 e. The third-order valence-corrected chi connectivity index (χ3v) is 4.37. The molecule has 0 radical (unpaired) electrons. The Kier molecular flexibility index (Phi) is 4.63. The molecule has 0 aliphatic carbocycles. The molecule has 108 valence electrons. The zero-order valence-electron chi connectivity index (χ0n) is 12.6. The van der Waals surface area contributed by atoms with E-state index in [1.54, 1.807) is 0 Å². The van der Waals surface area contributed by atoms with Crippen LogP contribution in [-0.4, -0.2) is 13.2 Å². The van der Waals surface area contributed by atoms with Gasteiger partial charge in [0.15, 0.2) is 5.60 Å². The van der Waals surface area contributed by atoms with Crippen LogP contribution in [0.2, 0.25) is 19.6 Å². The van der Waals surface area contributed by atoms with Crippen LogP contribution in [-0.2, 0) is 5.60 Å². The molecular weight excluding hydrogens is 292 g/mol. The van der Waals surface area contributed by atoms with E-state index in [-0.39, 0.29) is 0 Å². The second-order valence-electron chi connectivity index (χ2n) is 6.09. The summed E-state index contributed by atoms with van der Waals surface area (Å²) in [6.07, 6.45) is 0. The molecule has 3 heteroatoms. The van der Waals surface area contributed by atoms with Crippen molar-refractivity contribution in [2.45, 2.75) is 30.1 Å². The standard InChI is InChI=1S/C18H20OSSi/c1-21(2,3)14-13-18(19,15-9-5-4-6-10-15)16-11-7-8-12-17(16)20/h4-12,19-20H,1-3H3. The average Bonchev–Trinajstić information content (AvgIpc) is 2.45. The Balaban J connectivity index is 2.65. The van der Waals surface area contributed by atoms with Gasteiger partial charge in [-0.25, -0.2) is 0 Å². The van der Waals surface area contributed by atoms with Gasteiger partial charge in [0.25, 0.3) is 0 Å². The van der Waals surface area contributed by atoms with Crippen molar-refractivity contribution in [3.8, 4) is 11.5 Å². The monoisotopic (exact) mass is 312 g/mol. The summed E-state index contributed by atoms with van der Waals surface area (Å²) in [5.41, 5.74) is 3.47. The van der Waals surface area contributed by atoms with Crippen LogP contribution in [0.1, 0.15) is 11.1 Å². The molecule has 2 aromatic rings. The fraction of sp³-hybridized carbons (Fsp3) is 0.222. The third-order valence-electron chi connectivity index (χ3n) is 3.10. The molecule has 0 amide bonds. The van der Waals surface area contributed by atoms with E-state index in [2.05, 4.69) is 43.7 Å². The van der Waals surface area contributed by atoms with Gasteiger partial charge in [-0.2, -0.15) is 0 Å². The second-order valence-corrected chi connectivity index (χ2v) is 11.3. The minimum atomic E-state index is -1.60. The normalized spacial score (nSPS) is 14.0. The topological polar surface area (TPSA) is 20.2 Å². The SMILES string of the molecule is C[Si](C)(C)C#CC(O)(c1ccccc1)c1ccccc1S. The fourth-order valence-corrected chi connectivity index (χ4v) is 2.91. The van der Waals surface area contributed by atoms with Crippen molar-refractivity contribution < 1.29 is 5.11 Å². The first kappa shape index (κ1) is 15.9. The molecule has 2 rings (SSSR count). The van der Waals surface area contributed by atoms with E-state index < -0.39 is 13.7 Å². The number of benzene rings is 2. The summed E-state index contributed by atoms with van der Waals surface area (Å²) in [5.74, 6) is 3.13. The number of rotatable bonds is 2. The molecule has 0 spiro atoms. The molecule has 1 nitrogen and oxygen atoms in total. The molecule has 0 bridgehead atoms. The molecule has 1 unspecified atom stereocenters. The van der Waals surface area contributed by atoms with Gasteiger partial charge in [-0.05, 0) is 6.07 Å². The predicted molar refractivity (Wildman–Crippen MR) is 94.3 cm³/mol. The molecule has 0 aliphatic rings. The maximum absolute atomic E-state index is 11.3. The molecule has 0 fully saturated rings. The van der Waals surface area contributed by atoms with Crippen LogP contribution >= 0.6 is 12.6 Å². The molecule has 2 aromatic carbocycles. The molecule has 0 saturated heterocycles. The minimum absolute atomic E-state index is 0.727. The van der Waals surface area contributed by atoms with Crippen LogP contribution < -0.4 is 0 Å². The maximum atomic E-state index is 11.3. The van der Waals surface area contributed by atoms with Gasteiger partial charge in [0.05, 0.1) is 0 Å². The van der Waals surface area contributed by atoms with Gasteiger partial charge in [0.1, 0.15) is 8.07 Å². The molecule has 1 atom stereocenters. The Hall–Kier alpha value is -1.47. The first-order valence-corrected chi connectivity index (χ1v) is 10.9. The summed E-state index contributed by atoms with van der Waals surface area (Å²) in [6, 6.07) is 17.1. The van der Waals surface area contributed by atoms with E-state index in [0.29, 0.717) is 0 Å². The Morgan fingerprint density at radius 1 is 0.952 bits per heavy atom. The highest BCUT2D eigenvalue weighted by atomic mass is 32.1. The van der Waals surface area contributed by atoms with Gasteiger partial charge in [-0.3, -0.25) is 0 Å². The maximum Gasteiger partial charge on any atom is 0.177 e. The summed E-state index contributed by atoms with van der Waals surface area (Å²) in [4.78, 5) is 0.744. The van der Waals surface area contributed by atoms with Crippen LogP contribution in [0.25, 0.3) is 0 Å². The minimum Gasteiger partial charge on any atom is -0.369 e. The quantitative estimate of drug-likeness (QED) is 0.486. The summed E-state index contributed by atoms with van der Waals surface area (Å²) < 4.78 is 0. The Morgan fingerprint density at radius 2 is 1.52 bits per heavy atom. The van der Waals surface area contributed by atoms with Crippen molar-refractivity contribution >= 4 is 20.7 Å². The van der Waals surface area contributed by atoms with Crippen molar-refractivity contribution in [1.29, 1.82) is 0 Å². The Labute approximate surface area is 133 Å². The molecule has 0 aliphatic heterocycles. The molecule has 0 aromatic heterocycles. The van der Waals surface area contributed by atoms with Crippen molar-refractivity contribution in [3.63, 3.8) is 0 Å². The van der Waals surface area contributed by atoms with E-state index in [9.17, 15) is 5.11 Å². The van der Waals surface area contributed by atoms with E-state index in [1.165, 1.54) is 0 Å². The van der Waals surface area contributed by atoms with Gasteiger partial charge in [0.2, 0.25) is 0 Å². The molecule has 21 heavy (non-hydrogen) atoms. The number of hydrogen-bond acceptors (Lipinski definition) is 2. The lowest BCUT2D eigenvalue weighted by Gasteiger charge is -2.25. The summed E-state index contributed by atoms with van der Waals surface area (Å²) in [6.45, 7) is 6.49. The highest BCUT2D eigenvalue weighted by Gasteiger charge is 2.31. The molecule has 1 N–H and O–H groups in total. The van der Waals surface area contributed by atoms with Crippen molar-refractivity contribution in [3.05, 3.63) is 65.7 Å². The van der Waals surface area contributed by atoms with Crippen LogP contribution in [0, 0.1) is 11.5 Å². The summed E-state index contributed by atoms with van der Waals surface area (Å²) in [5, 5.41) is 11.3. The van der Waals surface area contributed by atoms with Gasteiger partial charge < -0.3 is 5.11 Å². The van der Waals surface area contributed by atoms with Crippen LogP contribution in [0.3, 0.4) is 0 Å². The van der Waals surface area contributed by atoms with E-state index >= 15 is 0 Å². The van der Waals surface area contributed by atoms with Gasteiger partial charge in [-0.1, -0.05) is 74.1 Å². The summed E-state index contributed by atoms with van der Waals surface area (Å²) in [7, 11) is -1.60. The third kappa shape index (κ3) is 3.79. The zero-order valence-corrected chi connectivity index (χ0v) is 14.5. The highest BCUT2D eigenvalue weighted by Crippen LogP contribution is 2.33. The van der Waals surface area contributed by atoms with Crippen molar-refractivity contribution in [1.82, 2.24) is 0 Å². The predicted octanol–water partition coefficient (Wildman–Crippen LogP) is 4.09. The van der Waals surface area contributed by atoms with Crippen LogP contribution in [0.5, 0.6) is 0 Å². The second kappa shape index (κ2) is 6.11. The lowest BCUT2D eigenvalue weighted by molar-refractivity contribution is 0.142. The molecule has 0 saturated carbocycles. The van der Waals surface area contributed by atoms with Crippen LogP contribution in [0.15, 0.2) is 59.5 Å². The number of aliphatic hydroxyl groups is 1. The smallest absolute Gasteiger partial charge is 0.177 e. The van der Waals surface area contributed by atoms with Crippen molar-refractivity contribution in [2.75, 3.05) is 0 Å². The fourth-order valence-electron chi connectivity index (χ4n) is 2.03. The van der Waals surface area contributed by atoms with E-state index in [4.69, 9.17) is 0 Å². The lowest BCUT2D eigenvalue weighted by Crippen LogP contribution is -2.28. The number of thiol groups is 1. The zero-order chi connectivity index (χ0) is 15.5. The van der Waals surface area contributed by atoms with E-state index in [1.807, 2.05) is 54.6 Å². The molecule has 0 heterocycles. The van der Waals surface area contributed by atoms with Crippen molar-refractivity contribution in [2.24, 2.45) is 0 Å².